The number of nitro groups is 1. The summed E-state index contributed by atoms with van der Waals surface area (Å²) in [6, 6.07) is 4.12. The highest BCUT2D eigenvalue weighted by Crippen LogP contribution is 2.23. The fourth-order valence-corrected chi connectivity index (χ4v) is 1.57. The molecule has 1 aromatic carbocycles. The van der Waals surface area contributed by atoms with E-state index < -0.39 is 16.9 Å². The van der Waals surface area contributed by atoms with Crippen LogP contribution in [0.25, 0.3) is 0 Å². The number of hydrogen-bond donors (Lipinski definition) is 1. The number of nitro benzene ring substituents is 1. The zero-order valence-electron chi connectivity index (χ0n) is 10.4. The Bertz CT molecular complexity index is 459. The summed E-state index contributed by atoms with van der Waals surface area (Å²) in [5.41, 5.74) is 6.95. The predicted octanol–water partition coefficient (Wildman–Crippen LogP) is 1.86. The predicted molar refractivity (Wildman–Crippen MR) is 66.0 cm³/mol. The van der Waals surface area contributed by atoms with E-state index in [1.165, 1.54) is 6.07 Å². The number of nitrogens with zero attached hydrogens (tertiary/aromatic N) is 1. The summed E-state index contributed by atoms with van der Waals surface area (Å²) >= 11 is 0. The Balaban J connectivity index is 2.86. The zero-order chi connectivity index (χ0) is 13.7. The molecular formula is C12H16N2O4. The van der Waals surface area contributed by atoms with Gasteiger partial charge in [0.2, 0.25) is 0 Å². The molecule has 18 heavy (non-hydrogen) atoms. The van der Waals surface area contributed by atoms with Gasteiger partial charge in [-0.2, -0.15) is 0 Å². The fraction of sp³-hybridized carbons (Fsp3) is 0.417. The SMILES string of the molecule is CCOC(=O)C[C@H](N)c1ccc(C)c([N+](=O)[O-])c1. The summed E-state index contributed by atoms with van der Waals surface area (Å²) in [5, 5.41) is 10.8. The molecule has 0 amide bonds. The average Bonchev–Trinajstić information content (AvgIpc) is 2.29. The molecule has 98 valence electrons. The van der Waals surface area contributed by atoms with E-state index in [0.29, 0.717) is 17.7 Å². The lowest BCUT2D eigenvalue weighted by Gasteiger charge is -2.11. The highest BCUT2D eigenvalue weighted by Gasteiger charge is 2.17. The Morgan fingerprint density at radius 3 is 2.78 bits per heavy atom. The number of carbonyl (C=O) groups is 1. The Hall–Kier alpha value is -1.95. The van der Waals surface area contributed by atoms with E-state index in [1.807, 2.05) is 0 Å². The Kier molecular flexibility index (Phi) is 4.79. The summed E-state index contributed by atoms with van der Waals surface area (Å²) in [5.74, 6) is -0.409. The first-order chi connectivity index (χ1) is 8.45. The van der Waals surface area contributed by atoms with E-state index in [9.17, 15) is 14.9 Å². The van der Waals surface area contributed by atoms with E-state index in [1.54, 1.807) is 26.0 Å². The van der Waals surface area contributed by atoms with Crippen molar-refractivity contribution in [3.05, 3.63) is 39.4 Å². The van der Waals surface area contributed by atoms with Crippen LogP contribution in [0.1, 0.15) is 30.5 Å². The minimum atomic E-state index is -0.594. The van der Waals surface area contributed by atoms with Crippen molar-refractivity contribution in [3.8, 4) is 0 Å². The van der Waals surface area contributed by atoms with Gasteiger partial charge in [0, 0.05) is 17.7 Å². The van der Waals surface area contributed by atoms with Crippen molar-refractivity contribution in [3.63, 3.8) is 0 Å². The maximum atomic E-state index is 11.3. The molecule has 0 radical (unpaired) electrons. The van der Waals surface area contributed by atoms with Crippen LogP contribution in [0.15, 0.2) is 18.2 Å². The van der Waals surface area contributed by atoms with Gasteiger partial charge in [0.05, 0.1) is 18.0 Å². The second-order valence-electron chi connectivity index (χ2n) is 3.92. The average molecular weight is 252 g/mol. The Morgan fingerprint density at radius 2 is 2.22 bits per heavy atom. The molecule has 0 spiro atoms. The minimum absolute atomic E-state index is 0.00630. The standard InChI is InChI=1S/C12H16N2O4/c1-3-18-12(15)7-10(13)9-5-4-8(2)11(6-9)14(16)17/h4-6,10H,3,7,13H2,1-2H3/t10-/m0/s1. The maximum absolute atomic E-state index is 11.3. The molecule has 1 rings (SSSR count). The van der Waals surface area contributed by atoms with Crippen molar-refractivity contribution in [2.24, 2.45) is 5.73 Å². The van der Waals surface area contributed by atoms with Gasteiger partial charge in [0.1, 0.15) is 0 Å². The van der Waals surface area contributed by atoms with Crippen molar-refractivity contribution in [1.82, 2.24) is 0 Å². The summed E-state index contributed by atoms with van der Waals surface area (Å²) < 4.78 is 4.78. The van der Waals surface area contributed by atoms with Crippen LogP contribution in [0.4, 0.5) is 5.69 Å². The molecule has 0 aliphatic rings. The summed E-state index contributed by atoms with van der Waals surface area (Å²) in [7, 11) is 0. The molecule has 6 nitrogen and oxygen atoms in total. The van der Waals surface area contributed by atoms with E-state index in [4.69, 9.17) is 10.5 Å². The Labute approximate surface area is 105 Å². The maximum Gasteiger partial charge on any atom is 0.307 e. The molecule has 1 aromatic rings. The molecule has 6 heteroatoms. The van der Waals surface area contributed by atoms with Gasteiger partial charge in [0.15, 0.2) is 0 Å². The third-order valence-corrected chi connectivity index (χ3v) is 2.55. The number of esters is 1. The van der Waals surface area contributed by atoms with E-state index in [0.717, 1.165) is 0 Å². The number of carbonyl (C=O) groups excluding carboxylic acids is 1. The van der Waals surface area contributed by atoms with Gasteiger partial charge in [-0.1, -0.05) is 12.1 Å². The zero-order valence-corrected chi connectivity index (χ0v) is 10.4. The summed E-state index contributed by atoms with van der Waals surface area (Å²) in [6.45, 7) is 3.65. The molecule has 0 aliphatic heterocycles. The molecular weight excluding hydrogens is 236 g/mol. The number of benzene rings is 1. The second-order valence-corrected chi connectivity index (χ2v) is 3.92. The largest absolute Gasteiger partial charge is 0.466 e. The third kappa shape index (κ3) is 3.53. The van der Waals surface area contributed by atoms with Crippen molar-refractivity contribution in [2.75, 3.05) is 6.61 Å². The highest BCUT2D eigenvalue weighted by molar-refractivity contribution is 5.70. The first-order valence-corrected chi connectivity index (χ1v) is 5.61. The minimum Gasteiger partial charge on any atom is -0.466 e. The van der Waals surface area contributed by atoms with Gasteiger partial charge >= 0.3 is 5.97 Å². The van der Waals surface area contributed by atoms with Gasteiger partial charge in [0.25, 0.3) is 5.69 Å². The lowest BCUT2D eigenvalue weighted by molar-refractivity contribution is -0.385. The van der Waals surface area contributed by atoms with Gasteiger partial charge in [-0.3, -0.25) is 14.9 Å². The van der Waals surface area contributed by atoms with Crippen molar-refractivity contribution in [1.29, 1.82) is 0 Å². The third-order valence-electron chi connectivity index (χ3n) is 2.55. The summed E-state index contributed by atoms with van der Waals surface area (Å²) in [6.07, 6.45) is 0.00799. The van der Waals surface area contributed by atoms with Crippen LogP contribution in [-0.4, -0.2) is 17.5 Å². The first kappa shape index (κ1) is 14.1. The van der Waals surface area contributed by atoms with Crippen LogP contribution in [0.2, 0.25) is 0 Å². The van der Waals surface area contributed by atoms with Gasteiger partial charge in [-0.05, 0) is 19.4 Å². The van der Waals surface area contributed by atoms with Gasteiger partial charge in [-0.15, -0.1) is 0 Å². The number of nitrogens with two attached hydrogens (primary N) is 1. The topological polar surface area (TPSA) is 95.5 Å². The van der Waals surface area contributed by atoms with Crippen LogP contribution < -0.4 is 5.73 Å². The molecule has 0 aliphatic carbocycles. The smallest absolute Gasteiger partial charge is 0.307 e. The molecule has 0 fully saturated rings. The molecule has 0 heterocycles. The van der Waals surface area contributed by atoms with Crippen LogP contribution in [0, 0.1) is 17.0 Å². The molecule has 0 aromatic heterocycles. The Morgan fingerprint density at radius 1 is 1.56 bits per heavy atom. The van der Waals surface area contributed by atoms with Crippen LogP contribution in [0.3, 0.4) is 0 Å². The molecule has 0 unspecified atom stereocenters. The van der Waals surface area contributed by atoms with Crippen molar-refractivity contribution in [2.45, 2.75) is 26.3 Å². The molecule has 0 saturated carbocycles. The lowest BCUT2D eigenvalue weighted by atomic mass is 10.0. The molecule has 0 bridgehead atoms. The van der Waals surface area contributed by atoms with Crippen molar-refractivity contribution >= 4 is 11.7 Å². The van der Waals surface area contributed by atoms with Gasteiger partial charge in [-0.25, -0.2) is 0 Å². The van der Waals surface area contributed by atoms with Gasteiger partial charge < -0.3 is 10.5 Å². The lowest BCUT2D eigenvalue weighted by Crippen LogP contribution is -2.17. The van der Waals surface area contributed by atoms with E-state index in [-0.39, 0.29) is 12.1 Å². The quantitative estimate of drug-likeness (QED) is 0.490. The first-order valence-electron chi connectivity index (χ1n) is 5.61. The molecule has 1 atom stereocenters. The van der Waals surface area contributed by atoms with E-state index in [2.05, 4.69) is 0 Å². The fourth-order valence-electron chi connectivity index (χ4n) is 1.57. The molecule has 2 N–H and O–H groups in total. The van der Waals surface area contributed by atoms with Crippen LogP contribution in [-0.2, 0) is 9.53 Å². The normalized spacial score (nSPS) is 11.9. The van der Waals surface area contributed by atoms with Crippen LogP contribution in [0.5, 0.6) is 0 Å². The van der Waals surface area contributed by atoms with Crippen molar-refractivity contribution < 1.29 is 14.5 Å². The monoisotopic (exact) mass is 252 g/mol. The van der Waals surface area contributed by atoms with E-state index >= 15 is 0 Å². The second kappa shape index (κ2) is 6.11. The number of aryl methyl sites for hydroxylation is 1. The number of ether oxygens (including phenoxy) is 1. The number of hydrogen-bond acceptors (Lipinski definition) is 5. The highest BCUT2D eigenvalue weighted by atomic mass is 16.6. The summed E-state index contributed by atoms with van der Waals surface area (Å²) in [4.78, 5) is 21.6. The van der Waals surface area contributed by atoms with Crippen LogP contribution >= 0.6 is 0 Å². The number of rotatable bonds is 5. The molecule has 0 saturated heterocycles.